The molecule has 1 aliphatic carbocycles. The van der Waals surface area contributed by atoms with E-state index in [1.807, 2.05) is 19.0 Å². The third-order valence-electron chi connectivity index (χ3n) is 5.35. The number of carbonyl (C=O) groups excluding carboxylic acids is 1. The standard InChI is InChI=1S/C16H32N4O/c1-18(2)15(21)20-11-7-14(8-12-20)17-13-16(19(3)4)9-5-6-10-16/h14,17H,5-13H2,1-4H3. The molecule has 0 bridgehead atoms. The van der Waals surface area contributed by atoms with E-state index < -0.39 is 0 Å². The van der Waals surface area contributed by atoms with Gasteiger partial charge in [-0.1, -0.05) is 12.8 Å². The van der Waals surface area contributed by atoms with E-state index in [-0.39, 0.29) is 6.03 Å². The van der Waals surface area contributed by atoms with Gasteiger partial charge in [-0.15, -0.1) is 0 Å². The van der Waals surface area contributed by atoms with E-state index in [1.165, 1.54) is 25.7 Å². The van der Waals surface area contributed by atoms with Crippen molar-refractivity contribution >= 4 is 6.03 Å². The molecule has 2 fully saturated rings. The van der Waals surface area contributed by atoms with Crippen LogP contribution in [0.4, 0.5) is 4.79 Å². The summed E-state index contributed by atoms with van der Waals surface area (Å²) in [7, 11) is 8.08. The zero-order valence-electron chi connectivity index (χ0n) is 14.2. The van der Waals surface area contributed by atoms with Crippen LogP contribution in [0.2, 0.25) is 0 Å². The molecule has 1 heterocycles. The fourth-order valence-electron chi connectivity index (χ4n) is 3.71. The van der Waals surface area contributed by atoms with Crippen molar-refractivity contribution in [3.63, 3.8) is 0 Å². The number of piperidine rings is 1. The van der Waals surface area contributed by atoms with Gasteiger partial charge in [0.1, 0.15) is 0 Å². The number of likely N-dealkylation sites (tertiary alicyclic amines) is 1. The van der Waals surface area contributed by atoms with Crippen molar-refractivity contribution < 1.29 is 4.79 Å². The minimum atomic E-state index is 0.147. The number of nitrogens with zero attached hydrogens (tertiary/aromatic N) is 3. The molecule has 0 aromatic rings. The molecule has 5 heteroatoms. The number of rotatable bonds is 4. The number of nitrogens with one attached hydrogen (secondary N) is 1. The van der Waals surface area contributed by atoms with Crippen LogP contribution >= 0.6 is 0 Å². The van der Waals surface area contributed by atoms with E-state index in [1.54, 1.807) is 4.90 Å². The average molecular weight is 296 g/mol. The fourth-order valence-corrected chi connectivity index (χ4v) is 3.71. The van der Waals surface area contributed by atoms with Gasteiger partial charge in [0.05, 0.1) is 0 Å². The minimum Gasteiger partial charge on any atom is -0.331 e. The summed E-state index contributed by atoms with van der Waals surface area (Å²) in [6.45, 7) is 2.85. The van der Waals surface area contributed by atoms with Crippen LogP contribution in [-0.4, -0.2) is 80.1 Å². The zero-order chi connectivity index (χ0) is 15.5. The van der Waals surface area contributed by atoms with E-state index in [4.69, 9.17) is 0 Å². The van der Waals surface area contributed by atoms with Crippen LogP contribution in [0.25, 0.3) is 0 Å². The Hall–Kier alpha value is -0.810. The van der Waals surface area contributed by atoms with Gasteiger partial charge in [-0.3, -0.25) is 0 Å². The summed E-state index contributed by atoms with van der Waals surface area (Å²) in [4.78, 5) is 18.0. The van der Waals surface area contributed by atoms with Crippen molar-refractivity contribution in [3.8, 4) is 0 Å². The average Bonchev–Trinajstić information content (AvgIpc) is 2.95. The maximum atomic E-state index is 11.9. The molecule has 21 heavy (non-hydrogen) atoms. The molecule has 0 spiro atoms. The molecule has 122 valence electrons. The van der Waals surface area contributed by atoms with Gasteiger partial charge in [0.2, 0.25) is 0 Å². The molecule has 1 saturated carbocycles. The predicted octanol–water partition coefficient (Wildman–Crippen LogP) is 1.60. The van der Waals surface area contributed by atoms with Crippen LogP contribution in [0.3, 0.4) is 0 Å². The summed E-state index contributed by atoms with van der Waals surface area (Å²) in [5.74, 6) is 0. The number of carbonyl (C=O) groups is 1. The molecule has 1 saturated heterocycles. The van der Waals surface area contributed by atoms with Crippen molar-refractivity contribution in [3.05, 3.63) is 0 Å². The molecule has 0 aromatic heterocycles. The molecular weight excluding hydrogens is 264 g/mol. The maximum absolute atomic E-state index is 11.9. The highest BCUT2D eigenvalue weighted by Crippen LogP contribution is 2.33. The molecule has 1 N–H and O–H groups in total. The molecule has 0 atom stereocenters. The number of hydrogen-bond donors (Lipinski definition) is 1. The summed E-state index contributed by atoms with van der Waals surface area (Å²) in [5.41, 5.74) is 0.358. The fraction of sp³-hybridized carbons (Fsp3) is 0.938. The molecule has 0 unspecified atom stereocenters. The van der Waals surface area contributed by atoms with Crippen LogP contribution in [0.15, 0.2) is 0 Å². The van der Waals surface area contributed by atoms with E-state index in [0.717, 1.165) is 32.5 Å². The lowest BCUT2D eigenvalue weighted by atomic mass is 9.94. The Morgan fingerprint density at radius 3 is 2.19 bits per heavy atom. The first-order chi connectivity index (χ1) is 9.94. The monoisotopic (exact) mass is 296 g/mol. The van der Waals surface area contributed by atoms with E-state index >= 15 is 0 Å². The Morgan fingerprint density at radius 2 is 1.71 bits per heavy atom. The second-order valence-corrected chi connectivity index (χ2v) is 7.15. The lowest BCUT2D eigenvalue weighted by Crippen LogP contribution is -2.54. The second-order valence-electron chi connectivity index (χ2n) is 7.15. The van der Waals surface area contributed by atoms with Gasteiger partial charge < -0.3 is 20.0 Å². The van der Waals surface area contributed by atoms with Gasteiger partial charge in [0, 0.05) is 45.3 Å². The largest absolute Gasteiger partial charge is 0.331 e. The van der Waals surface area contributed by atoms with Crippen LogP contribution < -0.4 is 5.32 Å². The van der Waals surface area contributed by atoms with Gasteiger partial charge in [-0.05, 0) is 39.8 Å². The lowest BCUT2D eigenvalue weighted by Gasteiger charge is -2.40. The Bertz CT molecular complexity index is 342. The molecule has 5 nitrogen and oxygen atoms in total. The number of urea groups is 1. The Morgan fingerprint density at radius 1 is 1.14 bits per heavy atom. The third kappa shape index (κ3) is 3.89. The molecule has 1 aliphatic heterocycles. The molecule has 0 aromatic carbocycles. The summed E-state index contributed by atoms with van der Waals surface area (Å²) < 4.78 is 0. The Balaban J connectivity index is 1.77. The quantitative estimate of drug-likeness (QED) is 0.856. The molecular formula is C16H32N4O. The van der Waals surface area contributed by atoms with E-state index in [9.17, 15) is 4.79 Å². The third-order valence-corrected chi connectivity index (χ3v) is 5.35. The van der Waals surface area contributed by atoms with Gasteiger partial charge in [0.15, 0.2) is 0 Å². The highest BCUT2D eigenvalue weighted by atomic mass is 16.2. The zero-order valence-corrected chi connectivity index (χ0v) is 14.2. The van der Waals surface area contributed by atoms with Crippen molar-refractivity contribution in [2.75, 3.05) is 47.8 Å². The maximum Gasteiger partial charge on any atom is 0.319 e. The predicted molar refractivity (Wildman–Crippen MR) is 86.6 cm³/mol. The van der Waals surface area contributed by atoms with Crippen molar-refractivity contribution in [2.45, 2.75) is 50.1 Å². The van der Waals surface area contributed by atoms with Crippen molar-refractivity contribution in [1.29, 1.82) is 0 Å². The van der Waals surface area contributed by atoms with Crippen molar-refractivity contribution in [2.24, 2.45) is 0 Å². The number of likely N-dealkylation sites (N-methyl/N-ethyl adjacent to an activating group) is 1. The second kappa shape index (κ2) is 6.97. The van der Waals surface area contributed by atoms with Gasteiger partial charge >= 0.3 is 6.03 Å². The van der Waals surface area contributed by atoms with Gasteiger partial charge in [-0.25, -0.2) is 4.79 Å². The summed E-state index contributed by atoms with van der Waals surface area (Å²) >= 11 is 0. The first kappa shape index (κ1) is 16.6. The first-order valence-corrected chi connectivity index (χ1v) is 8.32. The number of amides is 2. The summed E-state index contributed by atoms with van der Waals surface area (Å²) in [6.07, 6.45) is 7.48. The topological polar surface area (TPSA) is 38.8 Å². The van der Waals surface area contributed by atoms with E-state index in [0.29, 0.717) is 11.6 Å². The van der Waals surface area contributed by atoms with Crippen LogP contribution in [-0.2, 0) is 0 Å². The first-order valence-electron chi connectivity index (χ1n) is 8.32. The molecule has 2 amide bonds. The van der Waals surface area contributed by atoms with Crippen LogP contribution in [0.5, 0.6) is 0 Å². The van der Waals surface area contributed by atoms with Crippen LogP contribution in [0.1, 0.15) is 38.5 Å². The van der Waals surface area contributed by atoms with E-state index in [2.05, 4.69) is 24.3 Å². The smallest absolute Gasteiger partial charge is 0.319 e. The van der Waals surface area contributed by atoms with Crippen LogP contribution in [0, 0.1) is 0 Å². The molecule has 2 aliphatic rings. The Labute approximate surface area is 129 Å². The molecule has 2 rings (SSSR count). The summed E-state index contributed by atoms with van der Waals surface area (Å²) in [6, 6.07) is 0.711. The van der Waals surface area contributed by atoms with Crippen molar-refractivity contribution in [1.82, 2.24) is 20.0 Å². The lowest BCUT2D eigenvalue weighted by molar-refractivity contribution is 0.131. The summed E-state index contributed by atoms with van der Waals surface area (Å²) in [5, 5.41) is 3.78. The van der Waals surface area contributed by atoms with Gasteiger partial charge in [-0.2, -0.15) is 0 Å². The van der Waals surface area contributed by atoms with Gasteiger partial charge in [0.25, 0.3) is 0 Å². The minimum absolute atomic E-state index is 0.147. The Kier molecular flexibility index (Phi) is 5.49. The molecule has 0 radical (unpaired) electrons. The SMILES string of the molecule is CN(C)C(=O)N1CCC(NCC2(N(C)C)CCCC2)CC1. The number of hydrogen-bond acceptors (Lipinski definition) is 3. The highest BCUT2D eigenvalue weighted by Gasteiger charge is 2.36. The highest BCUT2D eigenvalue weighted by molar-refractivity contribution is 5.73. The normalized spacial score (nSPS) is 22.8.